The van der Waals surface area contributed by atoms with Gasteiger partial charge in [-0.3, -0.25) is 24.6 Å². The fourth-order valence-electron chi connectivity index (χ4n) is 7.02. The van der Waals surface area contributed by atoms with Gasteiger partial charge in [0.15, 0.2) is 0 Å². The maximum absolute atomic E-state index is 15.3. The molecule has 2 fully saturated rings. The number of nitrogens with zero attached hydrogens (tertiary/aromatic N) is 5. The van der Waals surface area contributed by atoms with Gasteiger partial charge >= 0.3 is 0 Å². The molecule has 0 bridgehead atoms. The van der Waals surface area contributed by atoms with Crippen molar-refractivity contribution in [2.75, 3.05) is 41.7 Å². The lowest BCUT2D eigenvalue weighted by atomic mass is 10.0. The molecule has 7 rings (SSSR count). The number of rotatable bonds is 10. The molecular weight excluding hydrogens is 726 g/mol. The molecule has 3 aromatic carbocycles. The summed E-state index contributed by atoms with van der Waals surface area (Å²) in [7, 11) is -3.71. The van der Waals surface area contributed by atoms with E-state index in [-0.39, 0.29) is 41.7 Å². The minimum absolute atomic E-state index is 0.146. The number of amides is 3. The van der Waals surface area contributed by atoms with Gasteiger partial charge in [0.25, 0.3) is 5.91 Å². The van der Waals surface area contributed by atoms with Gasteiger partial charge in [0, 0.05) is 91.2 Å². The van der Waals surface area contributed by atoms with Crippen molar-refractivity contribution in [2.45, 2.75) is 70.1 Å². The van der Waals surface area contributed by atoms with Crippen LogP contribution in [0.4, 0.5) is 33.2 Å². The number of nitrogens with one attached hydrogen (secondary N) is 4. The van der Waals surface area contributed by atoms with Crippen LogP contribution in [-0.2, 0) is 32.7 Å². The van der Waals surface area contributed by atoms with Crippen LogP contribution in [0.5, 0.6) is 0 Å². The standard InChI is InChI=1S/C39H44FN9O5S/c1-24-21-41-38(45-35(24)42-28-6-5-7-30(19-28)55(53,54)46-39(2,3)4)43-27-8-10-29(11-9-27)48-16-14-47(15-17-48)22-26-18-25-23-49(37(52)31(25)20-32(26)40)33-12-13-34(50)44-36(33)51/h5-11,18-21,33,46H,12-17,22-23H2,1-4H3,(H,44,50,51)(H2,41,42,43,45). The highest BCUT2D eigenvalue weighted by Gasteiger charge is 2.39. The summed E-state index contributed by atoms with van der Waals surface area (Å²) in [5.74, 6) is -0.766. The van der Waals surface area contributed by atoms with Crippen LogP contribution in [0.15, 0.2) is 71.8 Å². The van der Waals surface area contributed by atoms with E-state index in [9.17, 15) is 22.8 Å². The lowest BCUT2D eigenvalue weighted by Gasteiger charge is -2.36. The number of hydrogen-bond donors (Lipinski definition) is 4. The molecule has 14 nitrogen and oxygen atoms in total. The SMILES string of the molecule is Cc1cnc(Nc2ccc(N3CCN(Cc4cc5c(cc4F)C(=O)N(C4CCC(=O)NC4=O)C5)CC3)cc2)nc1Nc1cccc(S(=O)(=O)NC(C)(C)C)c1. The highest BCUT2D eigenvalue weighted by molar-refractivity contribution is 7.89. The number of fused-ring (bicyclic) bond motifs is 1. The molecule has 2 saturated heterocycles. The molecule has 4 heterocycles. The predicted octanol–water partition coefficient (Wildman–Crippen LogP) is 4.57. The van der Waals surface area contributed by atoms with Gasteiger partial charge in [-0.15, -0.1) is 0 Å². The van der Waals surface area contributed by atoms with Gasteiger partial charge in [-0.25, -0.2) is 22.5 Å². The third-order valence-electron chi connectivity index (χ3n) is 9.76. The monoisotopic (exact) mass is 769 g/mol. The summed E-state index contributed by atoms with van der Waals surface area (Å²) >= 11 is 0. The largest absolute Gasteiger partial charge is 0.369 e. The minimum Gasteiger partial charge on any atom is -0.369 e. The van der Waals surface area contributed by atoms with Crippen molar-refractivity contribution in [1.82, 2.24) is 29.8 Å². The molecular formula is C39H44FN9O5S. The van der Waals surface area contributed by atoms with Crippen LogP contribution in [-0.4, -0.2) is 83.7 Å². The molecule has 0 saturated carbocycles. The van der Waals surface area contributed by atoms with Crippen LogP contribution in [0.1, 0.15) is 60.7 Å². The van der Waals surface area contributed by atoms with Crippen molar-refractivity contribution in [3.8, 4) is 0 Å². The molecule has 4 N–H and O–H groups in total. The van der Waals surface area contributed by atoms with Gasteiger partial charge in [-0.2, -0.15) is 4.98 Å². The van der Waals surface area contributed by atoms with Crippen molar-refractivity contribution in [3.05, 3.63) is 94.9 Å². The number of piperidine rings is 1. The molecule has 3 aliphatic rings. The Kier molecular flexibility index (Phi) is 10.3. The average Bonchev–Trinajstić information content (AvgIpc) is 3.43. The maximum atomic E-state index is 15.3. The Labute approximate surface area is 319 Å². The number of sulfonamides is 1. The summed E-state index contributed by atoms with van der Waals surface area (Å²) in [5, 5.41) is 8.77. The van der Waals surface area contributed by atoms with Crippen LogP contribution >= 0.6 is 0 Å². The van der Waals surface area contributed by atoms with Gasteiger partial charge in [-0.1, -0.05) is 6.07 Å². The normalized spacial score (nSPS) is 18.0. The lowest BCUT2D eigenvalue weighted by molar-refractivity contribution is -0.136. The van der Waals surface area contributed by atoms with Gasteiger partial charge in [0.1, 0.15) is 17.7 Å². The van der Waals surface area contributed by atoms with Gasteiger partial charge in [-0.05, 0) is 94.3 Å². The van der Waals surface area contributed by atoms with Crippen LogP contribution in [0.25, 0.3) is 0 Å². The van der Waals surface area contributed by atoms with Crippen LogP contribution in [0.3, 0.4) is 0 Å². The van der Waals surface area contributed by atoms with E-state index in [1.165, 1.54) is 11.0 Å². The van der Waals surface area contributed by atoms with Crippen molar-refractivity contribution in [1.29, 1.82) is 0 Å². The molecule has 16 heteroatoms. The second-order valence-corrected chi connectivity index (χ2v) is 16.9. The summed E-state index contributed by atoms with van der Waals surface area (Å²) in [6.45, 7) is 10.8. The average molecular weight is 770 g/mol. The number of hydrogen-bond acceptors (Lipinski definition) is 11. The van der Waals surface area contributed by atoms with Gasteiger partial charge in [0.05, 0.1) is 4.90 Å². The fourth-order valence-corrected chi connectivity index (χ4v) is 8.48. The molecule has 1 atom stereocenters. The first-order valence-corrected chi connectivity index (χ1v) is 19.7. The summed E-state index contributed by atoms with van der Waals surface area (Å²) in [6.07, 6.45) is 2.11. The summed E-state index contributed by atoms with van der Waals surface area (Å²) in [4.78, 5) is 52.1. The third-order valence-corrected chi connectivity index (χ3v) is 11.5. The smallest absolute Gasteiger partial charge is 0.255 e. The molecule has 4 aromatic rings. The predicted molar refractivity (Wildman–Crippen MR) is 206 cm³/mol. The molecule has 3 aliphatic heterocycles. The Balaban J connectivity index is 0.935. The van der Waals surface area contributed by atoms with Crippen molar-refractivity contribution >= 4 is 56.6 Å². The highest BCUT2D eigenvalue weighted by Crippen LogP contribution is 2.31. The number of piperazine rings is 1. The van der Waals surface area contributed by atoms with Crippen LogP contribution in [0, 0.1) is 12.7 Å². The second kappa shape index (κ2) is 15.0. The fraction of sp³-hybridized carbons (Fsp3) is 0.359. The first-order valence-electron chi connectivity index (χ1n) is 18.2. The zero-order valence-electron chi connectivity index (χ0n) is 31.1. The maximum Gasteiger partial charge on any atom is 0.255 e. The van der Waals surface area contributed by atoms with Crippen LogP contribution < -0.4 is 25.6 Å². The first kappa shape index (κ1) is 37.8. The van der Waals surface area contributed by atoms with Crippen molar-refractivity contribution in [2.24, 2.45) is 0 Å². The Bertz CT molecular complexity index is 2250. The quantitative estimate of drug-likeness (QED) is 0.167. The zero-order valence-corrected chi connectivity index (χ0v) is 32.0. The minimum atomic E-state index is -3.71. The van der Waals surface area contributed by atoms with E-state index in [0.29, 0.717) is 48.2 Å². The first-order chi connectivity index (χ1) is 26.1. The molecule has 288 valence electrons. The molecule has 1 unspecified atom stereocenters. The number of anilines is 5. The molecule has 0 radical (unpaired) electrons. The van der Waals surface area contributed by atoms with E-state index in [1.807, 2.05) is 31.2 Å². The highest BCUT2D eigenvalue weighted by atomic mass is 32.2. The van der Waals surface area contributed by atoms with Gasteiger partial charge < -0.3 is 20.4 Å². The van der Waals surface area contributed by atoms with E-state index < -0.39 is 33.3 Å². The number of benzene rings is 3. The number of aryl methyl sites for hydroxylation is 1. The molecule has 1 aromatic heterocycles. The number of carbonyl (C=O) groups excluding carboxylic acids is 3. The Morgan fingerprint density at radius 1 is 0.945 bits per heavy atom. The van der Waals surface area contributed by atoms with Crippen LogP contribution in [0.2, 0.25) is 0 Å². The Morgan fingerprint density at radius 2 is 1.69 bits per heavy atom. The van der Waals surface area contributed by atoms with E-state index >= 15 is 4.39 Å². The lowest BCUT2D eigenvalue weighted by Crippen LogP contribution is -2.52. The van der Waals surface area contributed by atoms with Gasteiger partial charge in [0.2, 0.25) is 27.8 Å². The zero-order chi connectivity index (χ0) is 39.1. The molecule has 0 aliphatic carbocycles. The molecule has 0 spiro atoms. The van der Waals surface area contributed by atoms with E-state index in [1.54, 1.807) is 57.3 Å². The van der Waals surface area contributed by atoms with Crippen molar-refractivity contribution < 1.29 is 27.2 Å². The van der Waals surface area contributed by atoms with E-state index in [0.717, 1.165) is 30.0 Å². The van der Waals surface area contributed by atoms with E-state index in [4.69, 9.17) is 0 Å². The number of carbonyl (C=O) groups is 3. The number of aromatic nitrogens is 2. The molecule has 55 heavy (non-hydrogen) atoms. The van der Waals surface area contributed by atoms with E-state index in [2.05, 4.69) is 40.4 Å². The summed E-state index contributed by atoms with van der Waals surface area (Å²) < 4.78 is 43.7. The summed E-state index contributed by atoms with van der Waals surface area (Å²) in [6, 6.07) is 16.8. The Hall–Kier alpha value is -5.45. The summed E-state index contributed by atoms with van der Waals surface area (Å²) in [5.41, 5.74) is 4.04. The third kappa shape index (κ3) is 8.61. The van der Waals surface area contributed by atoms with Crippen molar-refractivity contribution in [3.63, 3.8) is 0 Å². The Morgan fingerprint density at radius 3 is 2.40 bits per heavy atom. The number of halogens is 1. The number of imide groups is 1. The molecule has 3 amide bonds. The topological polar surface area (TPSA) is 169 Å². The second-order valence-electron chi connectivity index (χ2n) is 15.2.